The molecular weight excluding hydrogens is 330 g/mol. The highest BCUT2D eigenvalue weighted by atomic mass is 16.5. The van der Waals surface area contributed by atoms with Gasteiger partial charge in [-0.25, -0.2) is 0 Å². The van der Waals surface area contributed by atoms with Gasteiger partial charge in [0.25, 0.3) is 5.91 Å². The van der Waals surface area contributed by atoms with Crippen molar-refractivity contribution < 1.29 is 9.53 Å². The molecular formula is C19H21N5O2. The molecule has 26 heavy (non-hydrogen) atoms. The fourth-order valence-electron chi connectivity index (χ4n) is 2.57. The number of benzene rings is 2. The second-order valence-electron chi connectivity index (χ2n) is 6.24. The van der Waals surface area contributed by atoms with Gasteiger partial charge in [-0.15, -0.1) is 5.10 Å². The molecule has 1 N–H and O–H groups in total. The molecule has 0 saturated heterocycles. The van der Waals surface area contributed by atoms with Gasteiger partial charge >= 0.3 is 0 Å². The maximum Gasteiger partial charge on any atom is 0.262 e. The number of amides is 1. The lowest BCUT2D eigenvalue weighted by atomic mass is 10.1. The number of carbonyl (C=O) groups is 1. The van der Waals surface area contributed by atoms with Gasteiger partial charge in [0, 0.05) is 5.69 Å². The molecule has 0 bridgehead atoms. The van der Waals surface area contributed by atoms with Crippen LogP contribution in [0, 0.1) is 27.7 Å². The van der Waals surface area contributed by atoms with E-state index in [0.717, 1.165) is 22.4 Å². The summed E-state index contributed by atoms with van der Waals surface area (Å²) in [7, 11) is 0. The summed E-state index contributed by atoms with van der Waals surface area (Å²) in [5.74, 6) is 1.16. The Morgan fingerprint density at radius 3 is 2.58 bits per heavy atom. The lowest BCUT2D eigenvalue weighted by Gasteiger charge is -2.12. The molecule has 0 aliphatic heterocycles. The average molecular weight is 351 g/mol. The maximum absolute atomic E-state index is 12.2. The lowest BCUT2D eigenvalue weighted by molar-refractivity contribution is -0.118. The van der Waals surface area contributed by atoms with Gasteiger partial charge in [0.1, 0.15) is 5.75 Å². The largest absolute Gasteiger partial charge is 0.483 e. The zero-order chi connectivity index (χ0) is 18.7. The zero-order valence-electron chi connectivity index (χ0n) is 15.3. The summed E-state index contributed by atoms with van der Waals surface area (Å²) in [5, 5.41) is 14.4. The number of aromatic nitrogens is 4. The summed E-state index contributed by atoms with van der Waals surface area (Å²) in [5.41, 5.74) is 4.57. The van der Waals surface area contributed by atoms with Gasteiger partial charge in [0.05, 0.1) is 5.69 Å². The van der Waals surface area contributed by atoms with E-state index in [1.54, 1.807) is 4.68 Å². The molecule has 0 fully saturated rings. The Balaban J connectivity index is 1.70. The minimum absolute atomic E-state index is 0.0581. The second kappa shape index (κ2) is 7.35. The Labute approximate surface area is 152 Å². The molecule has 3 aromatic rings. The standard InChI is InChI=1S/C19H21N5O2/c1-12-5-6-14(3)18(9-12)26-11-19(25)20-16-8-7-13(2)17(10-16)24-15(4)21-22-23-24/h5-10H,11H2,1-4H3,(H,20,25). The van der Waals surface area contributed by atoms with Crippen LogP contribution in [0.4, 0.5) is 5.69 Å². The Bertz CT molecular complexity index is 949. The molecule has 7 nitrogen and oxygen atoms in total. The number of nitrogens with one attached hydrogen (secondary N) is 1. The molecule has 0 radical (unpaired) electrons. The van der Waals surface area contributed by atoms with Crippen molar-refractivity contribution in [1.82, 2.24) is 20.2 Å². The van der Waals surface area contributed by atoms with Crippen LogP contribution in [0.15, 0.2) is 36.4 Å². The Hall–Kier alpha value is -3.22. The van der Waals surface area contributed by atoms with Crippen molar-refractivity contribution in [1.29, 1.82) is 0 Å². The van der Waals surface area contributed by atoms with Crippen molar-refractivity contribution in [2.45, 2.75) is 27.7 Å². The highest BCUT2D eigenvalue weighted by molar-refractivity contribution is 5.92. The van der Waals surface area contributed by atoms with E-state index in [0.29, 0.717) is 17.3 Å². The molecule has 0 aliphatic carbocycles. The van der Waals surface area contributed by atoms with E-state index >= 15 is 0 Å². The number of rotatable bonds is 5. The van der Waals surface area contributed by atoms with Crippen molar-refractivity contribution in [2.75, 3.05) is 11.9 Å². The number of hydrogen-bond acceptors (Lipinski definition) is 5. The van der Waals surface area contributed by atoms with Gasteiger partial charge in [0.2, 0.25) is 0 Å². The van der Waals surface area contributed by atoms with Crippen LogP contribution in [-0.4, -0.2) is 32.7 Å². The number of anilines is 1. The van der Waals surface area contributed by atoms with Crippen molar-refractivity contribution in [3.8, 4) is 11.4 Å². The predicted octanol–water partition coefficient (Wildman–Crippen LogP) is 2.91. The fraction of sp³-hybridized carbons (Fsp3) is 0.263. The highest BCUT2D eigenvalue weighted by Crippen LogP contribution is 2.21. The number of ether oxygens (including phenoxy) is 1. The van der Waals surface area contributed by atoms with Gasteiger partial charge in [-0.1, -0.05) is 18.2 Å². The summed E-state index contributed by atoms with van der Waals surface area (Å²) < 4.78 is 7.28. The average Bonchev–Trinajstić information content (AvgIpc) is 3.03. The van der Waals surface area contributed by atoms with E-state index in [4.69, 9.17) is 4.74 Å². The summed E-state index contributed by atoms with van der Waals surface area (Å²) in [6.45, 7) is 7.67. The summed E-state index contributed by atoms with van der Waals surface area (Å²) in [6.07, 6.45) is 0. The molecule has 7 heteroatoms. The summed E-state index contributed by atoms with van der Waals surface area (Å²) >= 11 is 0. The van der Waals surface area contributed by atoms with E-state index in [-0.39, 0.29) is 12.5 Å². The lowest BCUT2D eigenvalue weighted by Crippen LogP contribution is -2.20. The minimum Gasteiger partial charge on any atom is -0.483 e. The van der Waals surface area contributed by atoms with Crippen LogP contribution < -0.4 is 10.1 Å². The third-order valence-electron chi connectivity index (χ3n) is 4.05. The van der Waals surface area contributed by atoms with E-state index in [1.807, 2.05) is 64.1 Å². The smallest absolute Gasteiger partial charge is 0.262 e. The van der Waals surface area contributed by atoms with Crippen molar-refractivity contribution >= 4 is 11.6 Å². The molecule has 0 atom stereocenters. The summed E-state index contributed by atoms with van der Waals surface area (Å²) in [4.78, 5) is 12.2. The van der Waals surface area contributed by atoms with E-state index in [1.165, 1.54) is 0 Å². The molecule has 0 spiro atoms. The number of carbonyl (C=O) groups excluding carboxylic acids is 1. The van der Waals surface area contributed by atoms with Gasteiger partial charge in [-0.2, -0.15) is 4.68 Å². The predicted molar refractivity (Wildman–Crippen MR) is 98.7 cm³/mol. The van der Waals surface area contributed by atoms with Crippen LogP contribution in [0.3, 0.4) is 0 Å². The van der Waals surface area contributed by atoms with E-state index in [2.05, 4.69) is 20.8 Å². The number of tetrazole rings is 1. The van der Waals surface area contributed by atoms with Gasteiger partial charge < -0.3 is 10.1 Å². The van der Waals surface area contributed by atoms with Crippen LogP contribution in [0.1, 0.15) is 22.5 Å². The topological polar surface area (TPSA) is 81.9 Å². The molecule has 3 rings (SSSR count). The van der Waals surface area contributed by atoms with E-state index < -0.39 is 0 Å². The first kappa shape index (κ1) is 17.6. The Morgan fingerprint density at radius 1 is 1.08 bits per heavy atom. The number of hydrogen-bond donors (Lipinski definition) is 1. The van der Waals surface area contributed by atoms with Gasteiger partial charge in [0.15, 0.2) is 12.4 Å². The molecule has 1 aromatic heterocycles. The molecule has 0 aliphatic rings. The van der Waals surface area contributed by atoms with Gasteiger partial charge in [-0.3, -0.25) is 4.79 Å². The first-order valence-electron chi connectivity index (χ1n) is 8.30. The molecule has 2 aromatic carbocycles. The summed E-state index contributed by atoms with van der Waals surface area (Å²) in [6, 6.07) is 11.5. The molecule has 0 saturated carbocycles. The SMILES string of the molecule is Cc1ccc(C)c(OCC(=O)Nc2ccc(C)c(-n3nnnc3C)c2)c1. The van der Waals surface area contributed by atoms with Crippen LogP contribution in [-0.2, 0) is 4.79 Å². The van der Waals surface area contributed by atoms with Crippen LogP contribution >= 0.6 is 0 Å². The Kier molecular flexibility index (Phi) is 4.97. The van der Waals surface area contributed by atoms with Crippen molar-refractivity contribution in [3.63, 3.8) is 0 Å². The fourth-order valence-corrected chi connectivity index (χ4v) is 2.57. The molecule has 0 unspecified atom stereocenters. The van der Waals surface area contributed by atoms with Gasteiger partial charge in [-0.05, 0) is 73.0 Å². The Morgan fingerprint density at radius 2 is 1.85 bits per heavy atom. The molecule has 1 amide bonds. The first-order valence-corrected chi connectivity index (χ1v) is 8.30. The molecule has 1 heterocycles. The quantitative estimate of drug-likeness (QED) is 0.764. The monoisotopic (exact) mass is 351 g/mol. The second-order valence-corrected chi connectivity index (χ2v) is 6.24. The van der Waals surface area contributed by atoms with Crippen LogP contribution in [0.2, 0.25) is 0 Å². The third-order valence-corrected chi connectivity index (χ3v) is 4.05. The zero-order valence-corrected chi connectivity index (χ0v) is 15.3. The van der Waals surface area contributed by atoms with Crippen LogP contribution in [0.25, 0.3) is 5.69 Å². The highest BCUT2D eigenvalue weighted by Gasteiger charge is 2.10. The maximum atomic E-state index is 12.2. The minimum atomic E-state index is -0.228. The van der Waals surface area contributed by atoms with Crippen molar-refractivity contribution in [3.05, 3.63) is 58.9 Å². The normalized spacial score (nSPS) is 10.6. The van der Waals surface area contributed by atoms with E-state index in [9.17, 15) is 4.79 Å². The van der Waals surface area contributed by atoms with Crippen LogP contribution in [0.5, 0.6) is 5.75 Å². The first-order chi connectivity index (χ1) is 12.4. The number of aryl methyl sites for hydroxylation is 4. The van der Waals surface area contributed by atoms with Crippen molar-refractivity contribution in [2.24, 2.45) is 0 Å². The molecule has 134 valence electrons. The third kappa shape index (κ3) is 3.88. The number of nitrogens with zero attached hydrogens (tertiary/aromatic N) is 4.